The van der Waals surface area contributed by atoms with Crippen molar-refractivity contribution >= 4 is 12.1 Å². The number of likely N-dealkylation sites (N-methyl/N-ethyl adjacent to an activating group) is 1. The third kappa shape index (κ3) is 4.47. The molecule has 5 heteroatoms. The van der Waals surface area contributed by atoms with E-state index in [2.05, 4.69) is 5.32 Å². The lowest BCUT2D eigenvalue weighted by Crippen LogP contribution is -2.36. The summed E-state index contributed by atoms with van der Waals surface area (Å²) in [5, 5.41) is 11.3. The van der Waals surface area contributed by atoms with Gasteiger partial charge in [0.1, 0.15) is 5.75 Å². The van der Waals surface area contributed by atoms with Gasteiger partial charge in [-0.15, -0.1) is 0 Å². The second kappa shape index (κ2) is 7.34. The SMILES string of the molecule is COc1cccc(/C=C/NC(=O)N(C)CCO)c1. The van der Waals surface area contributed by atoms with E-state index in [0.29, 0.717) is 6.54 Å². The first kappa shape index (κ1) is 14.1. The molecule has 0 unspecified atom stereocenters. The van der Waals surface area contributed by atoms with Crippen molar-refractivity contribution in [2.75, 3.05) is 27.3 Å². The van der Waals surface area contributed by atoms with Crippen molar-refractivity contribution in [2.45, 2.75) is 0 Å². The lowest BCUT2D eigenvalue weighted by atomic mass is 10.2. The molecule has 18 heavy (non-hydrogen) atoms. The molecule has 0 atom stereocenters. The van der Waals surface area contributed by atoms with Gasteiger partial charge in [-0.25, -0.2) is 4.79 Å². The summed E-state index contributed by atoms with van der Waals surface area (Å²) < 4.78 is 5.10. The zero-order valence-corrected chi connectivity index (χ0v) is 10.6. The van der Waals surface area contributed by atoms with Gasteiger partial charge in [0, 0.05) is 19.8 Å². The number of amides is 2. The number of aliphatic hydroxyl groups excluding tert-OH is 1. The van der Waals surface area contributed by atoms with Gasteiger partial charge in [0.05, 0.1) is 13.7 Å². The first-order valence-electron chi connectivity index (χ1n) is 5.60. The number of ether oxygens (including phenoxy) is 1. The van der Waals surface area contributed by atoms with E-state index >= 15 is 0 Å². The van der Waals surface area contributed by atoms with Crippen LogP contribution in [0.15, 0.2) is 30.5 Å². The molecule has 98 valence electrons. The van der Waals surface area contributed by atoms with Crippen LogP contribution in [0, 0.1) is 0 Å². The largest absolute Gasteiger partial charge is 0.497 e. The van der Waals surface area contributed by atoms with Crippen molar-refractivity contribution in [2.24, 2.45) is 0 Å². The van der Waals surface area contributed by atoms with Crippen molar-refractivity contribution in [3.63, 3.8) is 0 Å². The van der Waals surface area contributed by atoms with Crippen LogP contribution in [0.3, 0.4) is 0 Å². The molecule has 1 aromatic carbocycles. The van der Waals surface area contributed by atoms with Crippen LogP contribution in [0.1, 0.15) is 5.56 Å². The number of benzene rings is 1. The van der Waals surface area contributed by atoms with Crippen molar-refractivity contribution in [3.05, 3.63) is 36.0 Å². The van der Waals surface area contributed by atoms with Crippen molar-refractivity contribution in [3.8, 4) is 5.75 Å². The number of carbonyl (C=O) groups excluding carboxylic acids is 1. The van der Waals surface area contributed by atoms with Crippen molar-refractivity contribution < 1.29 is 14.6 Å². The number of methoxy groups -OCH3 is 1. The molecule has 5 nitrogen and oxygen atoms in total. The smallest absolute Gasteiger partial charge is 0.321 e. The maximum absolute atomic E-state index is 11.5. The highest BCUT2D eigenvalue weighted by Crippen LogP contribution is 2.13. The molecule has 0 spiro atoms. The Hall–Kier alpha value is -2.01. The van der Waals surface area contributed by atoms with Gasteiger partial charge in [0.25, 0.3) is 0 Å². The summed E-state index contributed by atoms with van der Waals surface area (Å²) in [6.45, 7) is 0.252. The lowest BCUT2D eigenvalue weighted by Gasteiger charge is -2.14. The molecule has 0 bridgehead atoms. The van der Waals surface area contributed by atoms with Crippen LogP contribution >= 0.6 is 0 Å². The van der Waals surface area contributed by atoms with Crippen LogP contribution in [0.2, 0.25) is 0 Å². The summed E-state index contributed by atoms with van der Waals surface area (Å²) in [4.78, 5) is 12.9. The number of rotatable bonds is 5. The zero-order chi connectivity index (χ0) is 13.4. The van der Waals surface area contributed by atoms with E-state index in [1.807, 2.05) is 24.3 Å². The number of nitrogens with one attached hydrogen (secondary N) is 1. The van der Waals surface area contributed by atoms with E-state index in [4.69, 9.17) is 9.84 Å². The van der Waals surface area contributed by atoms with E-state index in [1.54, 1.807) is 26.4 Å². The Bertz CT molecular complexity index is 418. The topological polar surface area (TPSA) is 61.8 Å². The molecule has 1 rings (SSSR count). The highest BCUT2D eigenvalue weighted by atomic mass is 16.5. The fraction of sp³-hybridized carbons (Fsp3) is 0.308. The number of nitrogens with zero attached hydrogens (tertiary/aromatic N) is 1. The monoisotopic (exact) mass is 250 g/mol. The Morgan fingerprint density at radius 1 is 1.56 bits per heavy atom. The van der Waals surface area contributed by atoms with E-state index in [9.17, 15) is 4.79 Å². The predicted molar refractivity (Wildman–Crippen MR) is 70.3 cm³/mol. The highest BCUT2D eigenvalue weighted by Gasteiger charge is 2.03. The quantitative estimate of drug-likeness (QED) is 0.828. The van der Waals surface area contributed by atoms with Crippen LogP contribution in [0.4, 0.5) is 4.79 Å². The molecule has 0 radical (unpaired) electrons. The number of hydrogen-bond acceptors (Lipinski definition) is 3. The van der Waals surface area contributed by atoms with E-state index in [1.165, 1.54) is 4.90 Å². The summed E-state index contributed by atoms with van der Waals surface area (Å²) in [7, 11) is 3.22. The maximum atomic E-state index is 11.5. The molecular formula is C13H18N2O3. The maximum Gasteiger partial charge on any atom is 0.321 e. The van der Waals surface area contributed by atoms with Crippen LogP contribution in [-0.2, 0) is 0 Å². The molecule has 0 fully saturated rings. The highest BCUT2D eigenvalue weighted by molar-refractivity contribution is 5.75. The molecular weight excluding hydrogens is 232 g/mol. The number of carbonyl (C=O) groups is 1. The zero-order valence-electron chi connectivity index (χ0n) is 10.6. The van der Waals surface area contributed by atoms with Gasteiger partial charge in [-0.1, -0.05) is 12.1 Å². The molecule has 2 N–H and O–H groups in total. The molecule has 2 amide bonds. The average Bonchev–Trinajstić information content (AvgIpc) is 2.39. The minimum atomic E-state index is -0.261. The van der Waals surface area contributed by atoms with Crippen LogP contribution < -0.4 is 10.1 Å². The van der Waals surface area contributed by atoms with Gasteiger partial charge in [-0.3, -0.25) is 0 Å². The summed E-state index contributed by atoms with van der Waals surface area (Å²) in [5.74, 6) is 0.765. The molecule has 0 aromatic heterocycles. The minimum absolute atomic E-state index is 0.0521. The van der Waals surface area contributed by atoms with Gasteiger partial charge >= 0.3 is 6.03 Å². The average molecular weight is 250 g/mol. The van der Waals surface area contributed by atoms with E-state index < -0.39 is 0 Å². The first-order valence-corrected chi connectivity index (χ1v) is 5.60. The van der Waals surface area contributed by atoms with E-state index in [-0.39, 0.29) is 12.6 Å². The second-order valence-electron chi connectivity index (χ2n) is 3.70. The number of aliphatic hydroxyl groups is 1. The molecule has 1 aromatic rings. The molecule has 0 aliphatic heterocycles. The van der Waals surface area contributed by atoms with E-state index in [0.717, 1.165) is 11.3 Å². The summed E-state index contributed by atoms with van der Waals surface area (Å²) in [6.07, 6.45) is 3.33. The Labute approximate surface area is 107 Å². The third-order valence-corrected chi connectivity index (χ3v) is 2.36. The molecule has 0 saturated carbocycles. The molecule has 0 aliphatic carbocycles. The summed E-state index contributed by atoms with van der Waals surface area (Å²) >= 11 is 0. The Kier molecular flexibility index (Phi) is 5.73. The normalized spacial score (nSPS) is 10.4. The van der Waals surface area contributed by atoms with Gasteiger partial charge in [-0.2, -0.15) is 0 Å². The molecule has 0 aliphatic rings. The first-order chi connectivity index (χ1) is 8.67. The van der Waals surface area contributed by atoms with Crippen LogP contribution in [0.25, 0.3) is 6.08 Å². The number of hydrogen-bond donors (Lipinski definition) is 2. The fourth-order valence-electron chi connectivity index (χ4n) is 1.32. The molecule has 0 saturated heterocycles. The summed E-state index contributed by atoms with van der Waals surface area (Å²) in [6, 6.07) is 7.23. The summed E-state index contributed by atoms with van der Waals surface area (Å²) in [5.41, 5.74) is 0.930. The van der Waals surface area contributed by atoms with Crippen LogP contribution in [-0.4, -0.2) is 43.3 Å². The van der Waals surface area contributed by atoms with Crippen molar-refractivity contribution in [1.82, 2.24) is 10.2 Å². The predicted octanol–water partition coefficient (Wildman–Crippen LogP) is 1.30. The van der Waals surface area contributed by atoms with Crippen molar-refractivity contribution in [1.29, 1.82) is 0 Å². The Morgan fingerprint density at radius 2 is 2.33 bits per heavy atom. The fourth-order valence-corrected chi connectivity index (χ4v) is 1.32. The minimum Gasteiger partial charge on any atom is -0.497 e. The third-order valence-electron chi connectivity index (χ3n) is 2.36. The van der Waals surface area contributed by atoms with Gasteiger partial charge in [0.2, 0.25) is 0 Å². The van der Waals surface area contributed by atoms with Crippen LogP contribution in [0.5, 0.6) is 5.75 Å². The molecule has 0 heterocycles. The van der Waals surface area contributed by atoms with Gasteiger partial charge in [-0.05, 0) is 23.8 Å². The Balaban J connectivity index is 2.51. The lowest BCUT2D eigenvalue weighted by molar-refractivity contribution is 0.194. The number of urea groups is 1. The van der Waals surface area contributed by atoms with Gasteiger partial charge < -0.3 is 20.1 Å². The Morgan fingerprint density at radius 3 is 3.00 bits per heavy atom. The second-order valence-corrected chi connectivity index (χ2v) is 3.70. The van der Waals surface area contributed by atoms with Gasteiger partial charge in [0.15, 0.2) is 0 Å². The standard InChI is InChI=1S/C13H18N2O3/c1-15(8-9-16)13(17)14-7-6-11-4-3-5-12(10-11)18-2/h3-7,10,16H,8-9H2,1-2H3,(H,14,17)/b7-6+.